The van der Waals surface area contributed by atoms with E-state index in [4.69, 9.17) is 9.47 Å². The van der Waals surface area contributed by atoms with Gasteiger partial charge in [-0.05, 0) is 45.7 Å². The number of amides is 1. The van der Waals surface area contributed by atoms with E-state index in [0.717, 1.165) is 18.2 Å². The Balaban J connectivity index is 1.84. The fourth-order valence-electron chi connectivity index (χ4n) is 2.88. The molecule has 1 aromatic rings. The number of likely N-dealkylation sites (tertiary alicyclic amines) is 1. The van der Waals surface area contributed by atoms with E-state index in [-0.39, 0.29) is 10.0 Å². The van der Waals surface area contributed by atoms with E-state index < -0.39 is 47.7 Å². The summed E-state index contributed by atoms with van der Waals surface area (Å²) in [5, 5.41) is 0. The van der Waals surface area contributed by atoms with Crippen LogP contribution in [-0.4, -0.2) is 48.0 Å². The predicted molar refractivity (Wildman–Crippen MR) is 105 cm³/mol. The summed E-state index contributed by atoms with van der Waals surface area (Å²) in [6.07, 6.45) is -4.24. The van der Waals surface area contributed by atoms with Crippen LogP contribution in [0.1, 0.15) is 49.5 Å². The van der Waals surface area contributed by atoms with Crippen LogP contribution < -0.4 is 0 Å². The van der Waals surface area contributed by atoms with Crippen LogP contribution in [-0.2, 0) is 20.4 Å². The van der Waals surface area contributed by atoms with Gasteiger partial charge < -0.3 is 14.4 Å². The van der Waals surface area contributed by atoms with Gasteiger partial charge in [0.1, 0.15) is 5.60 Å². The van der Waals surface area contributed by atoms with Gasteiger partial charge in [-0.25, -0.2) is 4.79 Å². The number of rotatable bonds is 4. The Bertz CT molecular complexity index is 812. The van der Waals surface area contributed by atoms with E-state index >= 15 is 0 Å². The summed E-state index contributed by atoms with van der Waals surface area (Å²) >= 11 is 2.81. The van der Waals surface area contributed by atoms with Gasteiger partial charge in [-0.1, -0.05) is 22.0 Å². The molecule has 0 N–H and O–H groups in total. The zero-order valence-electron chi connectivity index (χ0n) is 16.8. The van der Waals surface area contributed by atoms with Crippen molar-refractivity contribution in [3.63, 3.8) is 0 Å². The number of halogens is 4. The third-order valence-electron chi connectivity index (χ3n) is 4.42. The number of hydrogen-bond donors (Lipinski definition) is 0. The minimum Gasteiger partial charge on any atom is -0.457 e. The Hall–Kier alpha value is -2.10. The third-order valence-corrected chi connectivity index (χ3v) is 5.08. The summed E-state index contributed by atoms with van der Waals surface area (Å²) < 4.78 is 48.4. The van der Waals surface area contributed by atoms with Crippen LogP contribution in [0.2, 0.25) is 0 Å². The first-order chi connectivity index (χ1) is 13.8. The maximum absolute atomic E-state index is 12.8. The summed E-state index contributed by atoms with van der Waals surface area (Å²) in [7, 11) is 0. The molecule has 1 fully saturated rings. The van der Waals surface area contributed by atoms with Crippen molar-refractivity contribution in [2.45, 2.75) is 45.4 Å². The van der Waals surface area contributed by atoms with Crippen molar-refractivity contribution in [2.75, 3.05) is 19.7 Å². The molecule has 10 heteroatoms. The first kappa shape index (κ1) is 24.2. The molecule has 0 atom stereocenters. The molecule has 0 aromatic heterocycles. The van der Waals surface area contributed by atoms with Crippen molar-refractivity contribution in [2.24, 2.45) is 5.92 Å². The molecule has 1 aromatic carbocycles. The number of carbonyl (C=O) groups excluding carboxylic acids is 3. The smallest absolute Gasteiger partial charge is 0.417 e. The molecule has 6 nitrogen and oxygen atoms in total. The Kier molecular flexibility index (Phi) is 7.54. The SMILES string of the molecule is CC(C)(C)OC(=O)N1CCC(C(=O)OCC(=O)c2ccc(C(F)(F)F)c(Br)c2)CC1. The molecule has 1 saturated heterocycles. The number of alkyl halides is 3. The van der Waals surface area contributed by atoms with Gasteiger partial charge in [0.2, 0.25) is 0 Å². The number of Topliss-reactive ketones (excluding diaryl/α,β-unsaturated/α-hetero) is 1. The number of ether oxygens (including phenoxy) is 2. The Labute approximate surface area is 180 Å². The third kappa shape index (κ3) is 6.72. The van der Waals surface area contributed by atoms with Crippen LogP contribution in [0.3, 0.4) is 0 Å². The highest BCUT2D eigenvalue weighted by Crippen LogP contribution is 2.35. The average Bonchev–Trinajstić information content (AvgIpc) is 2.63. The summed E-state index contributed by atoms with van der Waals surface area (Å²) in [5.41, 5.74) is -1.50. The largest absolute Gasteiger partial charge is 0.457 e. The Morgan fingerprint density at radius 1 is 1.13 bits per heavy atom. The molecule has 1 amide bonds. The van der Waals surface area contributed by atoms with Gasteiger partial charge in [-0.3, -0.25) is 9.59 Å². The molecule has 30 heavy (non-hydrogen) atoms. The highest BCUT2D eigenvalue weighted by atomic mass is 79.9. The molecule has 0 unspecified atom stereocenters. The van der Waals surface area contributed by atoms with E-state index in [1.54, 1.807) is 20.8 Å². The standard InChI is InChI=1S/C20H23BrF3NO5/c1-19(2,3)30-18(28)25-8-6-12(7-9-25)17(27)29-11-16(26)13-4-5-14(15(21)10-13)20(22,23)24/h4-5,10,12H,6-9,11H2,1-3H3. The van der Waals surface area contributed by atoms with Gasteiger partial charge in [0.15, 0.2) is 12.4 Å². The highest BCUT2D eigenvalue weighted by Gasteiger charge is 2.33. The van der Waals surface area contributed by atoms with Crippen LogP contribution in [0, 0.1) is 5.92 Å². The number of benzene rings is 1. The van der Waals surface area contributed by atoms with Gasteiger partial charge in [0, 0.05) is 23.1 Å². The van der Waals surface area contributed by atoms with Crippen LogP contribution in [0.25, 0.3) is 0 Å². The quantitative estimate of drug-likeness (QED) is 0.443. The number of carbonyl (C=O) groups is 3. The van der Waals surface area contributed by atoms with Gasteiger partial charge in [0.05, 0.1) is 11.5 Å². The van der Waals surface area contributed by atoms with Crippen molar-refractivity contribution in [1.29, 1.82) is 0 Å². The number of hydrogen-bond acceptors (Lipinski definition) is 5. The van der Waals surface area contributed by atoms with Crippen molar-refractivity contribution in [3.05, 3.63) is 33.8 Å². The number of ketones is 1. The monoisotopic (exact) mass is 493 g/mol. The van der Waals surface area contributed by atoms with Crippen LogP contribution in [0.5, 0.6) is 0 Å². The Morgan fingerprint density at radius 3 is 2.23 bits per heavy atom. The minimum absolute atomic E-state index is 0.00224. The lowest BCUT2D eigenvalue weighted by Crippen LogP contribution is -2.43. The molecule has 0 radical (unpaired) electrons. The summed E-state index contributed by atoms with van der Waals surface area (Å²) in [6, 6.07) is 2.90. The lowest BCUT2D eigenvalue weighted by Gasteiger charge is -2.32. The summed E-state index contributed by atoms with van der Waals surface area (Å²) in [6.45, 7) is 5.38. The molecule has 0 saturated carbocycles. The van der Waals surface area contributed by atoms with Crippen molar-refractivity contribution in [1.82, 2.24) is 4.90 Å². The van der Waals surface area contributed by atoms with Crippen LogP contribution >= 0.6 is 15.9 Å². The fraction of sp³-hybridized carbons (Fsp3) is 0.550. The molecule has 1 heterocycles. The normalized spacial score (nSPS) is 15.6. The second-order valence-electron chi connectivity index (χ2n) is 7.96. The highest BCUT2D eigenvalue weighted by molar-refractivity contribution is 9.10. The maximum Gasteiger partial charge on any atom is 0.417 e. The van der Waals surface area contributed by atoms with Crippen molar-refractivity contribution in [3.8, 4) is 0 Å². The van der Waals surface area contributed by atoms with E-state index in [1.807, 2.05) is 0 Å². The van der Waals surface area contributed by atoms with Crippen LogP contribution in [0.15, 0.2) is 22.7 Å². The zero-order valence-corrected chi connectivity index (χ0v) is 18.4. The maximum atomic E-state index is 12.8. The fourth-order valence-corrected chi connectivity index (χ4v) is 3.48. The molecular weight excluding hydrogens is 471 g/mol. The predicted octanol–water partition coefficient (Wildman–Crippen LogP) is 4.84. The van der Waals surface area contributed by atoms with Crippen molar-refractivity contribution < 1.29 is 37.0 Å². The molecular formula is C20H23BrF3NO5. The number of nitrogens with zero attached hydrogens (tertiary/aromatic N) is 1. The molecule has 1 aliphatic heterocycles. The van der Waals surface area contributed by atoms with Gasteiger partial charge in [0.25, 0.3) is 0 Å². The Morgan fingerprint density at radius 2 is 1.73 bits per heavy atom. The zero-order chi connectivity index (χ0) is 22.7. The lowest BCUT2D eigenvalue weighted by atomic mass is 9.97. The van der Waals surface area contributed by atoms with Gasteiger partial charge >= 0.3 is 18.2 Å². The molecule has 0 spiro atoms. The number of esters is 1. The van der Waals surface area contributed by atoms with Gasteiger partial charge in [-0.15, -0.1) is 0 Å². The summed E-state index contributed by atoms with van der Waals surface area (Å²) in [4.78, 5) is 38.0. The van der Waals surface area contributed by atoms with E-state index in [9.17, 15) is 27.6 Å². The first-order valence-corrected chi connectivity index (χ1v) is 10.1. The van der Waals surface area contributed by atoms with Crippen molar-refractivity contribution >= 4 is 33.8 Å². The number of piperidine rings is 1. The minimum atomic E-state index is -4.54. The first-order valence-electron chi connectivity index (χ1n) is 9.32. The molecule has 0 aliphatic carbocycles. The van der Waals surface area contributed by atoms with E-state index in [0.29, 0.717) is 25.9 Å². The van der Waals surface area contributed by atoms with E-state index in [1.165, 1.54) is 4.90 Å². The van der Waals surface area contributed by atoms with E-state index in [2.05, 4.69) is 15.9 Å². The second-order valence-corrected chi connectivity index (χ2v) is 8.82. The second kappa shape index (κ2) is 9.36. The average molecular weight is 494 g/mol. The van der Waals surface area contributed by atoms with Gasteiger partial charge in [-0.2, -0.15) is 13.2 Å². The molecule has 166 valence electrons. The topological polar surface area (TPSA) is 72.9 Å². The summed E-state index contributed by atoms with van der Waals surface area (Å²) in [5.74, 6) is -1.64. The van der Waals surface area contributed by atoms with Crippen LogP contribution in [0.4, 0.5) is 18.0 Å². The lowest BCUT2D eigenvalue weighted by molar-refractivity contribution is -0.149. The molecule has 1 aliphatic rings. The molecule has 2 rings (SSSR count). The molecule has 0 bridgehead atoms.